The van der Waals surface area contributed by atoms with Crippen LogP contribution in [0.5, 0.6) is 0 Å². The van der Waals surface area contributed by atoms with Gasteiger partial charge in [-0.1, -0.05) is 0 Å². The number of ketones is 1. The van der Waals surface area contributed by atoms with Gasteiger partial charge in [0.05, 0.1) is 18.1 Å². The number of Topliss-reactive ketones (excluding diaryl/α,β-unsaturated/α-hetero) is 1. The van der Waals surface area contributed by atoms with Gasteiger partial charge in [-0.05, 0) is 38.5 Å². The lowest BCUT2D eigenvalue weighted by molar-refractivity contribution is -0.208. The normalized spacial score (nSPS) is 39.1. The van der Waals surface area contributed by atoms with E-state index in [9.17, 15) is 15.0 Å². The molecule has 2 aliphatic rings. The first-order valence-corrected chi connectivity index (χ1v) is 7.07. The van der Waals surface area contributed by atoms with Crippen molar-refractivity contribution in [3.63, 3.8) is 0 Å². The third-order valence-electron chi connectivity index (χ3n) is 4.83. The van der Waals surface area contributed by atoms with E-state index in [1.807, 2.05) is 0 Å². The number of carbonyl (C=O) groups excluding carboxylic acids is 1. The van der Waals surface area contributed by atoms with Crippen LogP contribution in [0.15, 0.2) is 0 Å². The smallest absolute Gasteiger partial charge is 0.146 e. The minimum atomic E-state index is -1.27. The Bertz CT molecular complexity index is 332. The lowest BCUT2D eigenvalue weighted by Crippen LogP contribution is -2.64. The van der Waals surface area contributed by atoms with Crippen molar-refractivity contribution < 1.29 is 24.5 Å². The molecule has 110 valence electrons. The van der Waals surface area contributed by atoms with Gasteiger partial charge in [0.1, 0.15) is 18.2 Å². The second kappa shape index (κ2) is 5.87. The molecule has 0 radical (unpaired) electrons. The fraction of sp³-hybridized carbons (Fsp3) is 0.929. The van der Waals surface area contributed by atoms with Gasteiger partial charge in [0.25, 0.3) is 0 Å². The standard InChI is InChI=1S/C14H24O5/c1-18-10-19-9-8-13-6-2-5-12(16)14(13,17)7-3-4-11(13)15/h12,16-17H,2-10H2,1H3/t12-,13-,14-/m0/s1. The number of aliphatic hydroxyl groups is 2. The van der Waals surface area contributed by atoms with Gasteiger partial charge in [0, 0.05) is 13.5 Å². The van der Waals surface area contributed by atoms with Crippen LogP contribution in [0.25, 0.3) is 0 Å². The van der Waals surface area contributed by atoms with Crippen LogP contribution in [0, 0.1) is 5.41 Å². The molecule has 0 aliphatic heterocycles. The third kappa shape index (κ3) is 2.44. The maximum absolute atomic E-state index is 12.4. The van der Waals surface area contributed by atoms with Crippen LogP contribution in [0.3, 0.4) is 0 Å². The topological polar surface area (TPSA) is 76.0 Å². The summed E-state index contributed by atoms with van der Waals surface area (Å²) in [7, 11) is 1.55. The van der Waals surface area contributed by atoms with Crippen molar-refractivity contribution in [1.82, 2.24) is 0 Å². The van der Waals surface area contributed by atoms with Crippen molar-refractivity contribution in [1.29, 1.82) is 0 Å². The first kappa shape index (κ1) is 14.9. The fourth-order valence-corrected chi connectivity index (χ4v) is 3.79. The Balaban J connectivity index is 2.16. The summed E-state index contributed by atoms with van der Waals surface area (Å²) < 4.78 is 10.1. The number of fused-ring (bicyclic) bond motifs is 1. The molecule has 19 heavy (non-hydrogen) atoms. The molecular weight excluding hydrogens is 248 g/mol. The predicted octanol–water partition coefficient (Wildman–Crippen LogP) is 1.01. The SMILES string of the molecule is COCOCC[C@]12CCC[C@H](O)[C@@]1(O)CCCC2=O. The second-order valence-electron chi connectivity index (χ2n) is 5.76. The van der Waals surface area contributed by atoms with Crippen molar-refractivity contribution in [3.8, 4) is 0 Å². The highest BCUT2D eigenvalue weighted by molar-refractivity contribution is 5.87. The molecule has 5 nitrogen and oxygen atoms in total. The summed E-state index contributed by atoms with van der Waals surface area (Å²) >= 11 is 0. The number of methoxy groups -OCH3 is 1. The highest BCUT2D eigenvalue weighted by Crippen LogP contribution is 2.53. The van der Waals surface area contributed by atoms with Gasteiger partial charge in [-0.3, -0.25) is 4.79 Å². The largest absolute Gasteiger partial charge is 0.390 e. The molecule has 2 aliphatic carbocycles. The number of hydrogen-bond donors (Lipinski definition) is 2. The van der Waals surface area contributed by atoms with Crippen LogP contribution in [0.1, 0.15) is 44.9 Å². The van der Waals surface area contributed by atoms with E-state index in [2.05, 4.69) is 0 Å². The van der Waals surface area contributed by atoms with Gasteiger partial charge in [0.2, 0.25) is 0 Å². The Morgan fingerprint density at radius 3 is 2.89 bits per heavy atom. The first-order valence-electron chi connectivity index (χ1n) is 7.07. The van der Waals surface area contributed by atoms with Crippen molar-refractivity contribution in [2.45, 2.75) is 56.7 Å². The number of aliphatic hydroxyl groups excluding tert-OH is 1. The van der Waals surface area contributed by atoms with E-state index in [1.165, 1.54) is 0 Å². The summed E-state index contributed by atoms with van der Waals surface area (Å²) in [5.74, 6) is 0.0843. The van der Waals surface area contributed by atoms with Crippen molar-refractivity contribution in [3.05, 3.63) is 0 Å². The molecule has 0 amide bonds. The number of hydrogen-bond acceptors (Lipinski definition) is 5. The highest BCUT2D eigenvalue weighted by atomic mass is 16.7. The molecule has 2 rings (SSSR count). The summed E-state index contributed by atoms with van der Waals surface area (Å²) in [5.41, 5.74) is -2.09. The minimum absolute atomic E-state index is 0.0843. The molecule has 0 spiro atoms. The number of carbonyl (C=O) groups is 1. The molecule has 2 saturated carbocycles. The zero-order valence-corrected chi connectivity index (χ0v) is 11.6. The summed E-state index contributed by atoms with van der Waals surface area (Å²) in [6.07, 6.45) is 3.33. The molecule has 0 unspecified atom stereocenters. The zero-order chi connectivity index (χ0) is 13.9. The molecule has 3 atom stereocenters. The van der Waals surface area contributed by atoms with E-state index in [1.54, 1.807) is 7.11 Å². The van der Waals surface area contributed by atoms with E-state index >= 15 is 0 Å². The minimum Gasteiger partial charge on any atom is -0.390 e. The van der Waals surface area contributed by atoms with Crippen LogP contribution in [-0.4, -0.2) is 48.2 Å². The molecule has 0 heterocycles. The van der Waals surface area contributed by atoms with E-state index in [-0.39, 0.29) is 12.6 Å². The molecular formula is C14H24O5. The first-order chi connectivity index (χ1) is 9.07. The molecule has 2 N–H and O–H groups in total. The summed E-state index contributed by atoms with van der Waals surface area (Å²) in [6.45, 7) is 0.555. The van der Waals surface area contributed by atoms with Crippen molar-refractivity contribution >= 4 is 5.78 Å². The van der Waals surface area contributed by atoms with Crippen LogP contribution in [-0.2, 0) is 14.3 Å². The lowest BCUT2D eigenvalue weighted by atomic mass is 9.53. The van der Waals surface area contributed by atoms with E-state index in [0.29, 0.717) is 45.1 Å². The van der Waals surface area contributed by atoms with Crippen LogP contribution < -0.4 is 0 Å². The monoisotopic (exact) mass is 272 g/mol. The predicted molar refractivity (Wildman–Crippen MR) is 68.5 cm³/mol. The van der Waals surface area contributed by atoms with E-state index < -0.39 is 17.1 Å². The second-order valence-corrected chi connectivity index (χ2v) is 5.76. The Morgan fingerprint density at radius 2 is 2.16 bits per heavy atom. The average Bonchev–Trinajstić information content (AvgIpc) is 2.39. The van der Waals surface area contributed by atoms with E-state index in [0.717, 1.165) is 6.42 Å². The Morgan fingerprint density at radius 1 is 1.37 bits per heavy atom. The lowest BCUT2D eigenvalue weighted by Gasteiger charge is -2.54. The zero-order valence-electron chi connectivity index (χ0n) is 11.6. The van der Waals surface area contributed by atoms with Crippen LogP contribution in [0.4, 0.5) is 0 Å². The molecule has 0 aromatic carbocycles. The highest BCUT2D eigenvalue weighted by Gasteiger charge is 2.61. The third-order valence-corrected chi connectivity index (χ3v) is 4.83. The average molecular weight is 272 g/mol. The molecule has 0 aromatic rings. The maximum atomic E-state index is 12.4. The van der Waals surface area contributed by atoms with Gasteiger partial charge in [-0.15, -0.1) is 0 Å². The van der Waals surface area contributed by atoms with Crippen molar-refractivity contribution in [2.24, 2.45) is 5.41 Å². The molecule has 5 heteroatoms. The van der Waals surface area contributed by atoms with Crippen LogP contribution >= 0.6 is 0 Å². The fourth-order valence-electron chi connectivity index (χ4n) is 3.79. The molecule has 0 saturated heterocycles. The van der Waals surface area contributed by atoms with Gasteiger partial charge in [-0.25, -0.2) is 0 Å². The Kier molecular flexibility index (Phi) is 4.61. The summed E-state index contributed by atoms with van der Waals surface area (Å²) in [6, 6.07) is 0. The number of ether oxygens (including phenoxy) is 2. The maximum Gasteiger partial charge on any atom is 0.146 e. The van der Waals surface area contributed by atoms with Gasteiger partial charge >= 0.3 is 0 Å². The number of rotatable bonds is 5. The Labute approximate surface area is 113 Å². The van der Waals surface area contributed by atoms with Gasteiger partial charge in [0.15, 0.2) is 0 Å². The quantitative estimate of drug-likeness (QED) is 0.577. The summed E-state index contributed by atoms with van der Waals surface area (Å²) in [5, 5.41) is 21.1. The molecule has 0 aromatic heterocycles. The van der Waals surface area contributed by atoms with E-state index in [4.69, 9.17) is 9.47 Å². The summed E-state index contributed by atoms with van der Waals surface area (Å²) in [4.78, 5) is 12.4. The Hall–Kier alpha value is -0.490. The molecule has 0 bridgehead atoms. The van der Waals surface area contributed by atoms with Gasteiger partial charge in [-0.2, -0.15) is 0 Å². The van der Waals surface area contributed by atoms with Crippen molar-refractivity contribution in [2.75, 3.05) is 20.5 Å². The van der Waals surface area contributed by atoms with Gasteiger partial charge < -0.3 is 19.7 Å². The van der Waals surface area contributed by atoms with Crippen LogP contribution in [0.2, 0.25) is 0 Å². The molecule has 2 fully saturated rings.